The van der Waals surface area contributed by atoms with Gasteiger partial charge in [-0.1, -0.05) is 0 Å². The number of hydrogen-bond donors (Lipinski definition) is 1. The Balaban J connectivity index is 2.32. The Morgan fingerprint density at radius 3 is 2.54 bits per heavy atom. The van der Waals surface area contributed by atoms with Gasteiger partial charge in [0, 0.05) is 19.4 Å². The number of hydrogen-bond acceptors (Lipinski definition) is 4. The van der Waals surface area contributed by atoms with Gasteiger partial charge in [-0.05, 0) is 13.8 Å². The summed E-state index contributed by atoms with van der Waals surface area (Å²) in [5, 5.41) is 0. The Morgan fingerprint density at radius 1 is 1.46 bits per heavy atom. The second-order valence-electron chi connectivity index (χ2n) is 3.36. The van der Waals surface area contributed by atoms with E-state index < -0.39 is 5.54 Å². The third-order valence-corrected chi connectivity index (χ3v) is 2.27. The Bertz CT molecular complexity index is 187. The van der Waals surface area contributed by atoms with Crippen LogP contribution >= 0.6 is 0 Å². The molecule has 0 aromatic carbocycles. The van der Waals surface area contributed by atoms with Crippen LogP contribution in [0.1, 0.15) is 26.7 Å². The van der Waals surface area contributed by atoms with Crippen LogP contribution in [-0.4, -0.2) is 30.8 Å². The van der Waals surface area contributed by atoms with Crippen molar-refractivity contribution in [3.63, 3.8) is 0 Å². The molecule has 4 heteroatoms. The molecular weight excluding hydrogens is 170 g/mol. The van der Waals surface area contributed by atoms with Crippen LogP contribution in [0.25, 0.3) is 0 Å². The number of ether oxygens (including phenoxy) is 2. The topological polar surface area (TPSA) is 61.5 Å². The predicted octanol–water partition coefficient (Wildman–Crippen LogP) is 0.446. The van der Waals surface area contributed by atoms with Crippen LogP contribution in [-0.2, 0) is 14.3 Å². The lowest BCUT2D eigenvalue weighted by Crippen LogP contribution is -2.61. The Morgan fingerprint density at radius 2 is 2.08 bits per heavy atom. The van der Waals surface area contributed by atoms with E-state index in [0.29, 0.717) is 26.1 Å². The second kappa shape index (κ2) is 4.07. The van der Waals surface area contributed by atoms with Crippen molar-refractivity contribution in [2.75, 3.05) is 13.2 Å². The Kier molecular flexibility index (Phi) is 3.27. The zero-order valence-corrected chi connectivity index (χ0v) is 8.21. The van der Waals surface area contributed by atoms with Gasteiger partial charge in [-0.2, -0.15) is 0 Å². The van der Waals surface area contributed by atoms with Crippen molar-refractivity contribution in [2.45, 2.75) is 38.3 Å². The number of carbonyl (C=O) groups excluding carboxylic acids is 1. The first-order valence-electron chi connectivity index (χ1n) is 4.70. The molecule has 1 aliphatic rings. The summed E-state index contributed by atoms with van der Waals surface area (Å²) < 4.78 is 10.2. The van der Waals surface area contributed by atoms with Crippen molar-refractivity contribution in [1.82, 2.24) is 0 Å². The number of nitrogens with two attached hydrogens (primary N) is 1. The highest BCUT2D eigenvalue weighted by Gasteiger charge is 2.48. The maximum Gasteiger partial charge on any atom is 0.326 e. The number of esters is 1. The molecule has 0 atom stereocenters. The minimum Gasteiger partial charge on any atom is -0.465 e. The van der Waals surface area contributed by atoms with Crippen LogP contribution < -0.4 is 5.73 Å². The van der Waals surface area contributed by atoms with Crippen molar-refractivity contribution in [3.05, 3.63) is 0 Å². The average molecular weight is 187 g/mol. The summed E-state index contributed by atoms with van der Waals surface area (Å²) in [6, 6.07) is 0. The predicted molar refractivity (Wildman–Crippen MR) is 48.2 cm³/mol. The molecule has 1 rings (SSSR count). The molecule has 0 aromatic rings. The minimum atomic E-state index is -0.782. The first kappa shape index (κ1) is 10.5. The van der Waals surface area contributed by atoms with E-state index in [4.69, 9.17) is 15.2 Å². The van der Waals surface area contributed by atoms with Gasteiger partial charge < -0.3 is 15.2 Å². The lowest BCUT2D eigenvalue weighted by molar-refractivity contribution is -0.160. The first-order chi connectivity index (χ1) is 6.12. The summed E-state index contributed by atoms with van der Waals surface area (Å²) in [7, 11) is 0. The van der Waals surface area contributed by atoms with Crippen LogP contribution in [0.4, 0.5) is 0 Å². The summed E-state index contributed by atoms with van der Waals surface area (Å²) in [5.74, 6) is -0.300. The zero-order valence-electron chi connectivity index (χ0n) is 8.21. The van der Waals surface area contributed by atoms with E-state index in [1.807, 2.05) is 6.92 Å². The molecule has 0 unspecified atom stereocenters. The van der Waals surface area contributed by atoms with Crippen LogP contribution in [0.5, 0.6) is 0 Å². The molecule has 0 aliphatic heterocycles. The minimum absolute atomic E-state index is 0.138. The van der Waals surface area contributed by atoms with Gasteiger partial charge in [-0.15, -0.1) is 0 Å². The highest BCUT2D eigenvalue weighted by Crippen LogP contribution is 2.33. The van der Waals surface area contributed by atoms with Gasteiger partial charge in [0.2, 0.25) is 0 Å². The standard InChI is InChI=1S/C9H17NO3/c1-3-12-7-5-9(10,6-7)8(11)13-4-2/h7H,3-6,10H2,1-2H3/t7-,9+. The quantitative estimate of drug-likeness (QED) is 0.649. The highest BCUT2D eigenvalue weighted by atomic mass is 16.5. The molecule has 13 heavy (non-hydrogen) atoms. The third kappa shape index (κ3) is 2.19. The molecule has 0 saturated heterocycles. The van der Waals surface area contributed by atoms with Gasteiger partial charge in [-0.25, -0.2) is 0 Å². The van der Waals surface area contributed by atoms with Gasteiger partial charge in [0.25, 0.3) is 0 Å². The molecule has 1 saturated carbocycles. The van der Waals surface area contributed by atoms with E-state index in [9.17, 15) is 4.79 Å². The van der Waals surface area contributed by atoms with Crippen LogP contribution in [0, 0.1) is 0 Å². The molecule has 0 amide bonds. The summed E-state index contributed by atoms with van der Waals surface area (Å²) >= 11 is 0. The monoisotopic (exact) mass is 187 g/mol. The number of rotatable bonds is 4. The van der Waals surface area contributed by atoms with E-state index in [2.05, 4.69) is 0 Å². The lowest BCUT2D eigenvalue weighted by Gasteiger charge is -2.41. The smallest absolute Gasteiger partial charge is 0.326 e. The summed E-state index contributed by atoms with van der Waals surface area (Å²) in [5.41, 5.74) is 5.02. The van der Waals surface area contributed by atoms with Crippen LogP contribution in [0.2, 0.25) is 0 Å². The fourth-order valence-electron chi connectivity index (χ4n) is 1.55. The molecule has 0 heterocycles. The van der Waals surface area contributed by atoms with Crippen molar-refractivity contribution in [1.29, 1.82) is 0 Å². The van der Waals surface area contributed by atoms with Gasteiger partial charge >= 0.3 is 5.97 Å². The molecule has 0 aromatic heterocycles. The van der Waals surface area contributed by atoms with Crippen molar-refractivity contribution in [3.8, 4) is 0 Å². The van der Waals surface area contributed by atoms with Gasteiger partial charge in [-0.3, -0.25) is 4.79 Å². The third-order valence-electron chi connectivity index (χ3n) is 2.27. The Labute approximate surface area is 78.4 Å². The summed E-state index contributed by atoms with van der Waals surface area (Å²) in [6.45, 7) is 4.77. The molecule has 0 bridgehead atoms. The molecular formula is C9H17NO3. The zero-order chi connectivity index (χ0) is 9.90. The van der Waals surface area contributed by atoms with E-state index in [-0.39, 0.29) is 12.1 Å². The van der Waals surface area contributed by atoms with Gasteiger partial charge in [0.15, 0.2) is 0 Å². The van der Waals surface area contributed by atoms with Crippen molar-refractivity contribution < 1.29 is 14.3 Å². The van der Waals surface area contributed by atoms with E-state index in [1.54, 1.807) is 6.92 Å². The normalized spacial score (nSPS) is 32.4. The van der Waals surface area contributed by atoms with E-state index in [1.165, 1.54) is 0 Å². The largest absolute Gasteiger partial charge is 0.465 e. The SMILES string of the molecule is CCOC(=O)[C@]1(N)C[C@@H](OCC)C1. The van der Waals surface area contributed by atoms with Crippen molar-refractivity contribution in [2.24, 2.45) is 5.73 Å². The average Bonchev–Trinajstić information content (AvgIpc) is 2.02. The highest BCUT2D eigenvalue weighted by molar-refractivity contribution is 5.82. The molecule has 1 aliphatic carbocycles. The maximum atomic E-state index is 11.3. The van der Waals surface area contributed by atoms with Crippen LogP contribution in [0.3, 0.4) is 0 Å². The first-order valence-corrected chi connectivity index (χ1v) is 4.70. The fourth-order valence-corrected chi connectivity index (χ4v) is 1.55. The Hall–Kier alpha value is -0.610. The van der Waals surface area contributed by atoms with Crippen LogP contribution in [0.15, 0.2) is 0 Å². The summed E-state index contributed by atoms with van der Waals surface area (Å²) in [4.78, 5) is 11.3. The van der Waals surface area contributed by atoms with Gasteiger partial charge in [0.1, 0.15) is 5.54 Å². The van der Waals surface area contributed by atoms with E-state index >= 15 is 0 Å². The summed E-state index contributed by atoms with van der Waals surface area (Å²) in [6.07, 6.45) is 1.30. The molecule has 0 radical (unpaired) electrons. The number of carbonyl (C=O) groups is 1. The molecule has 0 spiro atoms. The fraction of sp³-hybridized carbons (Fsp3) is 0.889. The lowest BCUT2D eigenvalue weighted by atomic mass is 9.75. The molecule has 4 nitrogen and oxygen atoms in total. The molecule has 1 fully saturated rings. The second-order valence-corrected chi connectivity index (χ2v) is 3.36. The van der Waals surface area contributed by atoms with E-state index in [0.717, 1.165) is 0 Å². The van der Waals surface area contributed by atoms with Gasteiger partial charge in [0.05, 0.1) is 12.7 Å². The molecule has 2 N–H and O–H groups in total. The van der Waals surface area contributed by atoms with Crippen molar-refractivity contribution >= 4 is 5.97 Å². The molecule has 76 valence electrons. The maximum absolute atomic E-state index is 11.3.